The van der Waals surface area contributed by atoms with Crippen LogP contribution in [0, 0.1) is 40.6 Å². The molecule has 5 aromatic carbocycles. The first-order valence-electron chi connectivity index (χ1n) is 19.0. The number of benzene rings is 5. The van der Waals surface area contributed by atoms with Crippen LogP contribution in [0.25, 0.3) is 72.1 Å². The first-order valence-corrected chi connectivity index (χ1v) is 19.0. The number of hydrogen-bond acceptors (Lipinski definition) is 5. The topological polar surface area (TPSA) is 102 Å². The van der Waals surface area contributed by atoms with Gasteiger partial charge < -0.3 is 0 Å². The summed E-state index contributed by atoms with van der Waals surface area (Å²) in [4.78, 5) is 14.2. The molecule has 6 heteroatoms. The highest BCUT2D eigenvalue weighted by atomic mass is 14.8. The quantitative estimate of drug-likeness (QED) is 0.158. The predicted octanol–water partition coefficient (Wildman–Crippen LogP) is 13.2. The van der Waals surface area contributed by atoms with Crippen molar-refractivity contribution in [1.29, 1.82) is 15.8 Å². The van der Waals surface area contributed by atoms with Crippen LogP contribution in [-0.2, 0) is 10.8 Å². The van der Waals surface area contributed by atoms with Crippen molar-refractivity contribution in [2.75, 3.05) is 0 Å². The van der Waals surface area contributed by atoms with Crippen molar-refractivity contribution < 1.29 is 0 Å². The Morgan fingerprint density at radius 2 is 0.793 bits per heavy atom. The molecule has 0 atom stereocenters. The molecule has 6 nitrogen and oxygen atoms in total. The van der Waals surface area contributed by atoms with Gasteiger partial charge in [-0.1, -0.05) is 169 Å². The van der Waals surface area contributed by atoms with E-state index in [0.717, 1.165) is 33.4 Å². The maximum absolute atomic E-state index is 10.9. The Hall–Kier alpha value is -7.64. The molecule has 0 spiro atoms. The number of nitriles is 3. The molecule has 0 aliphatic heterocycles. The molecule has 0 saturated carbocycles. The highest BCUT2D eigenvalue weighted by Crippen LogP contribution is 2.45. The smallest absolute Gasteiger partial charge is 0.221 e. The minimum Gasteiger partial charge on any atom is -0.258 e. The molecule has 58 heavy (non-hydrogen) atoms. The third-order valence-corrected chi connectivity index (χ3v) is 10.4. The molecule has 7 rings (SSSR count). The summed E-state index contributed by atoms with van der Waals surface area (Å²) >= 11 is 0. The molecule has 0 radical (unpaired) electrons. The van der Waals surface area contributed by atoms with Gasteiger partial charge in [0, 0.05) is 27.8 Å². The van der Waals surface area contributed by atoms with Crippen molar-refractivity contribution in [1.82, 2.24) is 9.97 Å². The molecule has 278 valence electrons. The minimum atomic E-state index is -0.0902. The summed E-state index contributed by atoms with van der Waals surface area (Å²) in [5.74, 6) is 0. The average molecular weight is 749 g/mol. The van der Waals surface area contributed by atoms with Gasteiger partial charge in [0.05, 0.1) is 46.0 Å². The fourth-order valence-corrected chi connectivity index (χ4v) is 7.27. The molecule has 0 saturated heterocycles. The number of hydrogen-bond donors (Lipinski definition) is 0. The first-order chi connectivity index (χ1) is 27.9. The molecule has 0 unspecified atom stereocenters. The van der Waals surface area contributed by atoms with Crippen LogP contribution in [0.5, 0.6) is 0 Å². The van der Waals surface area contributed by atoms with Crippen LogP contribution < -0.4 is 0 Å². The zero-order chi connectivity index (χ0) is 41.2. The van der Waals surface area contributed by atoms with E-state index in [-0.39, 0.29) is 22.0 Å². The summed E-state index contributed by atoms with van der Waals surface area (Å²) in [6.45, 7) is 21.2. The Morgan fingerprint density at radius 3 is 1.21 bits per heavy atom. The van der Waals surface area contributed by atoms with Gasteiger partial charge in [-0.15, -0.1) is 0 Å². The fourth-order valence-electron chi connectivity index (χ4n) is 7.27. The fraction of sp³-hybridized carbons (Fsp3) is 0.154. The van der Waals surface area contributed by atoms with Crippen molar-refractivity contribution in [3.05, 3.63) is 173 Å². The third-order valence-electron chi connectivity index (χ3n) is 10.4. The van der Waals surface area contributed by atoms with Gasteiger partial charge in [0.2, 0.25) is 5.69 Å². The highest BCUT2D eigenvalue weighted by molar-refractivity contribution is 5.97. The van der Waals surface area contributed by atoms with Gasteiger partial charge in [0.25, 0.3) is 0 Å². The van der Waals surface area contributed by atoms with Crippen LogP contribution >= 0.6 is 0 Å². The van der Waals surface area contributed by atoms with Gasteiger partial charge >= 0.3 is 0 Å². The molecular weight excluding hydrogens is 709 g/mol. The second kappa shape index (κ2) is 15.5. The summed E-state index contributed by atoms with van der Waals surface area (Å²) in [7, 11) is 0. The van der Waals surface area contributed by atoms with Crippen LogP contribution in [0.2, 0.25) is 0 Å². The number of nitrogens with zero attached hydrogens (tertiary/aromatic N) is 6. The Bertz CT molecular complexity index is 2650. The normalized spacial score (nSPS) is 11.2. The summed E-state index contributed by atoms with van der Waals surface area (Å²) in [6, 6.07) is 49.9. The van der Waals surface area contributed by atoms with Gasteiger partial charge in [-0.3, -0.25) is 4.98 Å². The van der Waals surface area contributed by atoms with Crippen LogP contribution in [0.4, 0.5) is 5.69 Å². The summed E-state index contributed by atoms with van der Waals surface area (Å²) < 4.78 is 0. The number of rotatable bonds is 6. The second-order valence-electron chi connectivity index (χ2n) is 16.3. The van der Waals surface area contributed by atoms with Crippen LogP contribution in [-0.4, -0.2) is 9.97 Å². The summed E-state index contributed by atoms with van der Waals surface area (Å²) in [6.07, 6.45) is 0. The Kier molecular flexibility index (Phi) is 10.3. The molecule has 2 heterocycles. The lowest BCUT2D eigenvalue weighted by molar-refractivity contribution is 0.590. The highest BCUT2D eigenvalue weighted by Gasteiger charge is 2.27. The number of aromatic nitrogens is 2. The van der Waals surface area contributed by atoms with E-state index in [0.29, 0.717) is 56.3 Å². The second-order valence-corrected chi connectivity index (χ2v) is 16.3. The Morgan fingerprint density at radius 1 is 0.431 bits per heavy atom. The molecular formula is C52H40N6. The van der Waals surface area contributed by atoms with E-state index in [2.05, 4.69) is 64.6 Å². The minimum absolute atomic E-state index is 0.0872. The van der Waals surface area contributed by atoms with Crippen molar-refractivity contribution in [2.45, 2.75) is 52.4 Å². The summed E-state index contributed by atoms with van der Waals surface area (Å²) in [5.41, 5.74) is 10.1. The van der Waals surface area contributed by atoms with Crippen molar-refractivity contribution in [3.8, 4) is 85.5 Å². The zero-order valence-corrected chi connectivity index (χ0v) is 33.4. The van der Waals surface area contributed by atoms with Gasteiger partial charge in [-0.2, -0.15) is 15.8 Å². The van der Waals surface area contributed by atoms with E-state index < -0.39 is 0 Å². The SMILES string of the molecule is [C-]#[N+]c1c(-c2ccccc2)nc(-c2cccc(-c3nc(-c4ccccc4)c(C#N)c(-c4ccc(C(C)(C)C)cc4)c3C#N)c2)c(C#N)c1-c1ccc(C(C)(C)C)cc1. The average Bonchev–Trinajstić information content (AvgIpc) is 3.24. The van der Waals surface area contributed by atoms with Gasteiger partial charge in [0.1, 0.15) is 18.2 Å². The lowest BCUT2D eigenvalue weighted by Gasteiger charge is -2.21. The van der Waals surface area contributed by atoms with Gasteiger partial charge in [-0.25, -0.2) is 9.83 Å². The van der Waals surface area contributed by atoms with E-state index >= 15 is 0 Å². The maximum atomic E-state index is 10.9. The van der Waals surface area contributed by atoms with Crippen molar-refractivity contribution in [3.63, 3.8) is 0 Å². The lowest BCUT2D eigenvalue weighted by Crippen LogP contribution is -2.10. The predicted molar refractivity (Wildman–Crippen MR) is 232 cm³/mol. The monoisotopic (exact) mass is 748 g/mol. The van der Waals surface area contributed by atoms with E-state index in [9.17, 15) is 15.8 Å². The van der Waals surface area contributed by atoms with E-state index in [1.165, 1.54) is 0 Å². The molecule has 7 aromatic rings. The largest absolute Gasteiger partial charge is 0.258 e. The van der Waals surface area contributed by atoms with Crippen molar-refractivity contribution >= 4 is 5.69 Å². The maximum Gasteiger partial charge on any atom is 0.221 e. The van der Waals surface area contributed by atoms with E-state index in [4.69, 9.17) is 16.5 Å². The standard InChI is InChI=1S/C52H40N6/c1-51(2,3)39-25-21-33(22-26-39)44-41(30-53)46(35-15-10-8-11-16-35)57-47(42(44)31-54)37-19-14-20-38(29-37)48-43(32-55)45(34-23-27-40(28-24-34)52(4,5)6)50(56-7)49(58-48)36-17-12-9-13-18-36/h8-29H,1-6H3. The molecule has 0 aliphatic carbocycles. The van der Waals surface area contributed by atoms with E-state index in [1.807, 2.05) is 133 Å². The molecule has 0 amide bonds. The van der Waals surface area contributed by atoms with Crippen LogP contribution in [0.1, 0.15) is 69.4 Å². The number of pyridine rings is 2. The Labute approximate surface area is 340 Å². The van der Waals surface area contributed by atoms with Crippen molar-refractivity contribution in [2.24, 2.45) is 0 Å². The molecule has 0 aliphatic rings. The molecule has 0 bridgehead atoms. The van der Waals surface area contributed by atoms with Crippen LogP contribution in [0.15, 0.2) is 133 Å². The zero-order valence-electron chi connectivity index (χ0n) is 33.4. The van der Waals surface area contributed by atoms with Gasteiger partial charge in [-0.05, 0) is 44.7 Å². The lowest BCUT2D eigenvalue weighted by atomic mass is 9.84. The molecule has 2 aromatic heterocycles. The summed E-state index contributed by atoms with van der Waals surface area (Å²) in [5, 5.41) is 32.6. The van der Waals surface area contributed by atoms with E-state index in [1.54, 1.807) is 0 Å². The third kappa shape index (κ3) is 7.24. The first kappa shape index (κ1) is 38.6. The van der Waals surface area contributed by atoms with Crippen LogP contribution in [0.3, 0.4) is 0 Å². The molecule has 0 N–H and O–H groups in total. The Balaban J connectivity index is 1.52. The molecule has 0 fully saturated rings. The van der Waals surface area contributed by atoms with Gasteiger partial charge in [0.15, 0.2) is 0 Å².